The highest BCUT2D eigenvalue weighted by Crippen LogP contribution is 2.34. The van der Waals surface area contributed by atoms with Gasteiger partial charge in [-0.05, 0) is 73.6 Å². The highest BCUT2D eigenvalue weighted by molar-refractivity contribution is 6.48. The van der Waals surface area contributed by atoms with Gasteiger partial charge in [-0.15, -0.1) is 0 Å². The Bertz CT molecular complexity index is 1210. The molecular weight excluding hydrogens is 432 g/mol. The van der Waals surface area contributed by atoms with Crippen LogP contribution in [0.4, 0.5) is 5.69 Å². The van der Waals surface area contributed by atoms with Crippen molar-refractivity contribution in [3.8, 4) is 6.07 Å². The SMILES string of the molecule is CC(=NN)C1=NCCC(Nc2cccc(C#N)c2)c2cc(C3=CCN(C4CCCC4)CC3)ccc21. The van der Waals surface area contributed by atoms with Gasteiger partial charge in [0.05, 0.1) is 29.1 Å². The molecule has 0 radical (unpaired) electrons. The Morgan fingerprint density at radius 3 is 2.77 bits per heavy atom. The lowest BCUT2D eigenvalue weighted by atomic mass is 9.89. The molecule has 1 aliphatic carbocycles. The molecule has 6 heteroatoms. The Morgan fingerprint density at radius 2 is 2.03 bits per heavy atom. The monoisotopic (exact) mass is 466 g/mol. The fourth-order valence-electron chi connectivity index (χ4n) is 5.76. The maximum absolute atomic E-state index is 9.33. The molecule has 6 nitrogen and oxygen atoms in total. The zero-order valence-electron chi connectivity index (χ0n) is 20.5. The molecule has 2 aromatic carbocycles. The summed E-state index contributed by atoms with van der Waals surface area (Å²) in [6, 6.07) is 17.5. The minimum atomic E-state index is 0.0740. The van der Waals surface area contributed by atoms with Crippen molar-refractivity contribution in [3.63, 3.8) is 0 Å². The first-order chi connectivity index (χ1) is 17.2. The molecule has 3 aliphatic rings. The predicted molar refractivity (Wildman–Crippen MR) is 144 cm³/mol. The van der Waals surface area contributed by atoms with E-state index < -0.39 is 0 Å². The zero-order valence-corrected chi connectivity index (χ0v) is 20.5. The number of nitrogens with zero attached hydrogens (tertiary/aromatic N) is 4. The van der Waals surface area contributed by atoms with Crippen LogP contribution >= 0.6 is 0 Å². The first kappa shape index (κ1) is 23.3. The van der Waals surface area contributed by atoms with Crippen LogP contribution in [0.1, 0.15) is 73.7 Å². The van der Waals surface area contributed by atoms with E-state index in [1.54, 1.807) is 0 Å². The topological polar surface area (TPSA) is 89.8 Å². The van der Waals surface area contributed by atoms with E-state index in [2.05, 4.69) is 45.7 Å². The molecular formula is C29H34N6. The normalized spacial score (nSPS) is 21.5. The van der Waals surface area contributed by atoms with Gasteiger partial charge in [-0.1, -0.05) is 37.1 Å². The third-order valence-electron chi connectivity index (χ3n) is 7.69. The number of nitrogens with two attached hydrogens (primary N) is 1. The van der Waals surface area contributed by atoms with Crippen molar-refractivity contribution in [1.29, 1.82) is 5.26 Å². The van der Waals surface area contributed by atoms with Crippen LogP contribution in [0.5, 0.6) is 0 Å². The minimum absolute atomic E-state index is 0.0740. The van der Waals surface area contributed by atoms with E-state index in [-0.39, 0.29) is 6.04 Å². The molecule has 5 rings (SSSR count). The first-order valence-electron chi connectivity index (χ1n) is 12.8. The average Bonchev–Trinajstić information content (AvgIpc) is 3.39. The van der Waals surface area contributed by atoms with Crippen molar-refractivity contribution in [2.45, 2.75) is 57.5 Å². The smallest absolute Gasteiger partial charge is 0.0992 e. The standard InChI is InChI=1S/C29H34N6/c1-20(34-31)29-26-10-9-23(22-12-15-35(16-13-22)25-7-2-3-8-25)18-27(26)28(11-14-32-29)33-24-6-4-5-21(17-24)19-30/h4-6,9-10,12,17-18,25,28,33H,2-3,7-8,11,13-16,31H2,1H3. The van der Waals surface area contributed by atoms with Crippen LogP contribution in [0.3, 0.4) is 0 Å². The van der Waals surface area contributed by atoms with Crippen molar-refractivity contribution in [3.05, 3.63) is 70.8 Å². The molecule has 2 aliphatic heterocycles. The van der Waals surface area contributed by atoms with Crippen LogP contribution in [0.2, 0.25) is 0 Å². The van der Waals surface area contributed by atoms with Crippen molar-refractivity contribution in [2.24, 2.45) is 15.9 Å². The number of hydrogen-bond donors (Lipinski definition) is 2. The summed E-state index contributed by atoms with van der Waals surface area (Å²) in [4.78, 5) is 7.51. The number of nitriles is 1. The maximum atomic E-state index is 9.33. The third-order valence-corrected chi connectivity index (χ3v) is 7.69. The molecule has 0 bridgehead atoms. The number of hydrogen-bond acceptors (Lipinski definition) is 6. The Morgan fingerprint density at radius 1 is 1.17 bits per heavy atom. The molecule has 1 atom stereocenters. The van der Waals surface area contributed by atoms with E-state index in [9.17, 15) is 5.26 Å². The summed E-state index contributed by atoms with van der Waals surface area (Å²) in [7, 11) is 0. The van der Waals surface area contributed by atoms with E-state index in [0.29, 0.717) is 12.1 Å². The summed E-state index contributed by atoms with van der Waals surface area (Å²) in [6.45, 7) is 4.79. The molecule has 2 heterocycles. The Kier molecular flexibility index (Phi) is 6.96. The highest BCUT2D eigenvalue weighted by Gasteiger charge is 2.26. The van der Waals surface area contributed by atoms with Gasteiger partial charge in [0.2, 0.25) is 0 Å². The summed E-state index contributed by atoms with van der Waals surface area (Å²) in [5.41, 5.74) is 8.22. The molecule has 0 saturated heterocycles. The molecule has 35 heavy (non-hydrogen) atoms. The number of rotatable bonds is 5. The lowest BCUT2D eigenvalue weighted by Crippen LogP contribution is -2.36. The number of benzene rings is 2. The lowest BCUT2D eigenvalue weighted by Gasteiger charge is -2.32. The average molecular weight is 467 g/mol. The van der Waals surface area contributed by atoms with Crippen molar-refractivity contribution >= 4 is 22.7 Å². The lowest BCUT2D eigenvalue weighted by molar-refractivity contribution is 0.219. The Hall–Kier alpha value is -3.43. The van der Waals surface area contributed by atoms with Crippen molar-refractivity contribution in [2.75, 3.05) is 25.0 Å². The van der Waals surface area contributed by atoms with Gasteiger partial charge in [-0.3, -0.25) is 9.89 Å². The van der Waals surface area contributed by atoms with E-state index >= 15 is 0 Å². The van der Waals surface area contributed by atoms with Crippen LogP contribution in [0.15, 0.2) is 58.6 Å². The fourth-order valence-corrected chi connectivity index (χ4v) is 5.76. The summed E-state index contributed by atoms with van der Waals surface area (Å²) >= 11 is 0. The van der Waals surface area contributed by atoms with Gasteiger partial charge in [0.15, 0.2) is 0 Å². The van der Waals surface area contributed by atoms with Gasteiger partial charge >= 0.3 is 0 Å². The molecule has 1 saturated carbocycles. The number of aliphatic imine (C=N–C) groups is 1. The van der Waals surface area contributed by atoms with Crippen LogP contribution in [0, 0.1) is 11.3 Å². The largest absolute Gasteiger partial charge is 0.378 e. The van der Waals surface area contributed by atoms with Gasteiger partial charge in [0, 0.05) is 36.9 Å². The van der Waals surface area contributed by atoms with Gasteiger partial charge < -0.3 is 11.2 Å². The molecule has 0 aromatic heterocycles. The van der Waals surface area contributed by atoms with Gasteiger partial charge in [-0.25, -0.2) is 0 Å². The summed E-state index contributed by atoms with van der Waals surface area (Å²) < 4.78 is 0. The quantitative estimate of drug-likeness (QED) is 0.357. The summed E-state index contributed by atoms with van der Waals surface area (Å²) in [5.74, 6) is 5.66. The van der Waals surface area contributed by atoms with E-state index in [4.69, 9.17) is 10.8 Å². The van der Waals surface area contributed by atoms with Gasteiger partial charge in [0.25, 0.3) is 0 Å². The van der Waals surface area contributed by atoms with E-state index in [1.165, 1.54) is 42.4 Å². The van der Waals surface area contributed by atoms with E-state index in [0.717, 1.165) is 54.6 Å². The first-order valence-corrected chi connectivity index (χ1v) is 12.8. The van der Waals surface area contributed by atoms with E-state index in [1.807, 2.05) is 31.2 Å². The summed E-state index contributed by atoms with van der Waals surface area (Å²) in [6.07, 6.45) is 9.83. The number of nitrogens with one attached hydrogen (secondary N) is 1. The molecule has 2 aromatic rings. The number of hydrazone groups is 1. The molecule has 1 fully saturated rings. The second-order valence-corrected chi connectivity index (χ2v) is 9.84. The molecule has 0 spiro atoms. The Balaban J connectivity index is 1.47. The number of fused-ring (bicyclic) bond motifs is 1. The van der Waals surface area contributed by atoms with Gasteiger partial charge in [0.1, 0.15) is 0 Å². The molecule has 180 valence electrons. The fraction of sp³-hybridized carbons (Fsp3) is 0.414. The third kappa shape index (κ3) is 5.01. The highest BCUT2D eigenvalue weighted by atomic mass is 15.2. The maximum Gasteiger partial charge on any atom is 0.0992 e. The molecule has 0 amide bonds. The van der Waals surface area contributed by atoms with Gasteiger partial charge in [-0.2, -0.15) is 10.4 Å². The van der Waals surface area contributed by atoms with Crippen LogP contribution in [-0.4, -0.2) is 42.0 Å². The molecule has 3 N–H and O–H groups in total. The zero-order chi connectivity index (χ0) is 24.2. The van der Waals surface area contributed by atoms with Crippen molar-refractivity contribution in [1.82, 2.24) is 4.90 Å². The van der Waals surface area contributed by atoms with Crippen LogP contribution in [-0.2, 0) is 0 Å². The minimum Gasteiger partial charge on any atom is -0.378 e. The Labute approximate surface area is 208 Å². The molecule has 1 unspecified atom stereocenters. The number of anilines is 1. The van der Waals surface area contributed by atoms with Crippen LogP contribution in [0.25, 0.3) is 5.57 Å². The second-order valence-electron chi connectivity index (χ2n) is 9.84. The summed E-state index contributed by atoms with van der Waals surface area (Å²) in [5, 5.41) is 17.0. The van der Waals surface area contributed by atoms with Crippen LogP contribution < -0.4 is 11.2 Å². The second kappa shape index (κ2) is 10.5. The predicted octanol–water partition coefficient (Wildman–Crippen LogP) is 5.27. The van der Waals surface area contributed by atoms with Crippen molar-refractivity contribution < 1.29 is 0 Å².